The lowest BCUT2D eigenvalue weighted by Gasteiger charge is -2.41. The Morgan fingerprint density at radius 2 is 1.98 bits per heavy atom. The lowest BCUT2D eigenvalue weighted by Crippen LogP contribution is -2.56. The summed E-state index contributed by atoms with van der Waals surface area (Å²) in [6, 6.07) is 2.92. The van der Waals surface area contributed by atoms with Crippen LogP contribution in [0.4, 0.5) is 24.7 Å². The van der Waals surface area contributed by atoms with E-state index in [1.807, 2.05) is 12.1 Å². The third-order valence-electron chi connectivity index (χ3n) is 7.86. The molecule has 4 aliphatic rings. The lowest BCUT2D eigenvalue weighted by atomic mass is 9.86. The zero-order valence-electron chi connectivity index (χ0n) is 21.1. The summed E-state index contributed by atoms with van der Waals surface area (Å²) < 4.78 is 42.1. The summed E-state index contributed by atoms with van der Waals surface area (Å²) in [6.07, 6.45) is 8.33. The normalized spacial score (nSPS) is 25.4. The van der Waals surface area contributed by atoms with Crippen LogP contribution in [0, 0.1) is 23.1 Å². The SMILES string of the molecule is N#Cc1ccnc(N2C(=O)CC[C@H]2C(=O)N(c2cncc(F)c2)[C@@H]2C(=O)N(C3CC(F)(F)C3)C3=CC=CCC32)c1. The topological polar surface area (TPSA) is 110 Å². The van der Waals surface area contributed by atoms with E-state index in [2.05, 4.69) is 9.97 Å². The maximum Gasteiger partial charge on any atom is 0.252 e. The molecule has 2 aliphatic carbocycles. The Balaban J connectivity index is 1.42. The number of halogens is 3. The number of likely N-dealkylation sites (tertiary alicyclic amines) is 1. The number of carbonyl (C=O) groups is 3. The van der Waals surface area contributed by atoms with Crippen LogP contribution in [0.1, 0.15) is 37.7 Å². The molecule has 2 aromatic heterocycles. The first kappa shape index (κ1) is 25.7. The molecule has 9 nitrogen and oxygen atoms in total. The number of allylic oxidation sites excluding steroid dienone is 3. The van der Waals surface area contributed by atoms with Gasteiger partial charge in [0, 0.05) is 49.2 Å². The van der Waals surface area contributed by atoms with Gasteiger partial charge in [0.05, 0.1) is 29.7 Å². The van der Waals surface area contributed by atoms with E-state index in [1.165, 1.54) is 34.3 Å². The van der Waals surface area contributed by atoms with Crippen molar-refractivity contribution < 1.29 is 27.6 Å². The van der Waals surface area contributed by atoms with Crippen molar-refractivity contribution in [3.05, 3.63) is 72.1 Å². The zero-order valence-corrected chi connectivity index (χ0v) is 21.1. The van der Waals surface area contributed by atoms with Crippen LogP contribution in [0.2, 0.25) is 0 Å². The molecule has 3 atom stereocenters. The van der Waals surface area contributed by atoms with E-state index in [0.717, 1.165) is 17.2 Å². The maximum absolute atomic E-state index is 14.4. The molecule has 1 unspecified atom stereocenters. The van der Waals surface area contributed by atoms with Crippen molar-refractivity contribution in [2.24, 2.45) is 5.92 Å². The molecule has 0 bridgehead atoms. The Morgan fingerprint density at radius 3 is 2.70 bits per heavy atom. The van der Waals surface area contributed by atoms with E-state index < -0.39 is 66.3 Å². The molecule has 6 rings (SSSR count). The number of hydrogen-bond donors (Lipinski definition) is 0. The average Bonchev–Trinajstić information content (AvgIpc) is 3.44. The number of anilines is 2. The summed E-state index contributed by atoms with van der Waals surface area (Å²) in [5.74, 6) is -5.66. The number of pyridine rings is 2. The second-order valence-electron chi connectivity index (χ2n) is 10.3. The fourth-order valence-electron chi connectivity index (χ4n) is 6.06. The fraction of sp³-hybridized carbons (Fsp3) is 0.357. The van der Waals surface area contributed by atoms with Gasteiger partial charge >= 0.3 is 0 Å². The highest BCUT2D eigenvalue weighted by Crippen LogP contribution is 2.48. The van der Waals surface area contributed by atoms with Crippen LogP contribution in [-0.4, -0.2) is 56.6 Å². The third-order valence-corrected chi connectivity index (χ3v) is 7.86. The number of nitrogens with zero attached hydrogens (tertiary/aromatic N) is 6. The van der Waals surface area contributed by atoms with E-state index in [9.17, 15) is 32.8 Å². The number of alkyl halides is 2. The minimum Gasteiger partial charge on any atom is -0.310 e. The van der Waals surface area contributed by atoms with Crippen LogP contribution in [0.15, 0.2) is 60.7 Å². The molecule has 2 aromatic rings. The smallest absolute Gasteiger partial charge is 0.252 e. The van der Waals surface area contributed by atoms with Crippen LogP contribution in [0.5, 0.6) is 0 Å². The van der Waals surface area contributed by atoms with Gasteiger partial charge in [0.2, 0.25) is 5.91 Å². The Morgan fingerprint density at radius 1 is 1.18 bits per heavy atom. The first-order valence-corrected chi connectivity index (χ1v) is 12.9. The van der Waals surface area contributed by atoms with Crippen molar-refractivity contribution >= 4 is 29.2 Å². The molecule has 0 radical (unpaired) electrons. The van der Waals surface area contributed by atoms with Crippen molar-refractivity contribution in [1.82, 2.24) is 14.9 Å². The number of hydrogen-bond acceptors (Lipinski definition) is 6. The molecule has 1 saturated carbocycles. The van der Waals surface area contributed by atoms with Crippen LogP contribution < -0.4 is 9.80 Å². The summed E-state index contributed by atoms with van der Waals surface area (Å²) in [6.45, 7) is 0. The molecule has 0 aromatic carbocycles. The molecule has 204 valence electrons. The molecule has 3 amide bonds. The minimum absolute atomic E-state index is 0.0103. The second kappa shape index (κ2) is 9.59. The van der Waals surface area contributed by atoms with Gasteiger partial charge in [-0.05, 0) is 31.1 Å². The highest BCUT2D eigenvalue weighted by molar-refractivity contribution is 6.11. The molecule has 40 heavy (non-hydrogen) atoms. The number of fused-ring (bicyclic) bond motifs is 1. The van der Waals surface area contributed by atoms with Crippen molar-refractivity contribution in [3.8, 4) is 6.07 Å². The average molecular weight is 549 g/mol. The summed E-state index contributed by atoms with van der Waals surface area (Å²) in [5.41, 5.74) is 0.781. The molecule has 2 saturated heterocycles. The molecule has 12 heteroatoms. The zero-order chi connectivity index (χ0) is 28.2. The van der Waals surface area contributed by atoms with Crippen molar-refractivity contribution in [2.75, 3.05) is 9.80 Å². The highest BCUT2D eigenvalue weighted by atomic mass is 19.3. The first-order valence-electron chi connectivity index (χ1n) is 12.9. The van der Waals surface area contributed by atoms with Crippen LogP contribution >= 0.6 is 0 Å². The Labute approximate surface area is 227 Å². The molecule has 3 fully saturated rings. The van der Waals surface area contributed by atoms with E-state index in [0.29, 0.717) is 12.1 Å². The second-order valence-corrected chi connectivity index (χ2v) is 10.3. The maximum atomic E-state index is 14.4. The van der Waals surface area contributed by atoms with Crippen molar-refractivity contribution in [1.29, 1.82) is 5.26 Å². The van der Waals surface area contributed by atoms with Crippen LogP contribution in [0.3, 0.4) is 0 Å². The minimum atomic E-state index is -2.87. The third kappa shape index (κ3) is 4.22. The molecule has 0 spiro atoms. The Bertz CT molecular complexity index is 1510. The number of carbonyl (C=O) groups excluding carboxylic acids is 3. The van der Waals surface area contributed by atoms with Gasteiger partial charge in [-0.2, -0.15) is 5.26 Å². The van der Waals surface area contributed by atoms with Crippen LogP contribution in [0.25, 0.3) is 0 Å². The quantitative estimate of drug-likeness (QED) is 0.566. The number of nitriles is 1. The van der Waals surface area contributed by atoms with Gasteiger partial charge in [-0.15, -0.1) is 0 Å². The van der Waals surface area contributed by atoms with Gasteiger partial charge in [0.25, 0.3) is 17.7 Å². The molecule has 4 heterocycles. The fourth-order valence-corrected chi connectivity index (χ4v) is 6.06. The molecule has 0 N–H and O–H groups in total. The number of amides is 3. The van der Waals surface area contributed by atoms with Crippen molar-refractivity contribution in [2.45, 2.75) is 56.2 Å². The molecular weight excluding hydrogens is 525 g/mol. The van der Waals surface area contributed by atoms with Gasteiger partial charge in [0.15, 0.2) is 0 Å². The Hall–Kier alpha value is -4.53. The van der Waals surface area contributed by atoms with E-state index in [1.54, 1.807) is 12.2 Å². The molecular formula is C28H23F3N6O3. The van der Waals surface area contributed by atoms with Gasteiger partial charge < -0.3 is 4.90 Å². The predicted octanol–water partition coefficient (Wildman–Crippen LogP) is 3.48. The highest BCUT2D eigenvalue weighted by Gasteiger charge is 2.58. The summed E-state index contributed by atoms with van der Waals surface area (Å²) in [4.78, 5) is 53.1. The summed E-state index contributed by atoms with van der Waals surface area (Å²) in [5, 5.41) is 9.32. The lowest BCUT2D eigenvalue weighted by molar-refractivity contribution is -0.146. The standard InChI is InChI=1S/C28H23F3N6O3/c29-17-10-18(15-33-14-17)36(26(39)22-5-6-24(38)37(22)23-9-16(13-32)7-8-34-23)25-20-3-1-2-4-21(20)35(27(25)40)19-11-28(30,31)12-19/h1-2,4,7-10,14-15,19-20,22,25H,3,5-6,11-12H2/t20?,22-,25-/m0/s1. The number of rotatable bonds is 5. The van der Waals surface area contributed by atoms with E-state index in [-0.39, 0.29) is 29.9 Å². The summed E-state index contributed by atoms with van der Waals surface area (Å²) >= 11 is 0. The van der Waals surface area contributed by atoms with E-state index in [4.69, 9.17) is 0 Å². The predicted molar refractivity (Wildman–Crippen MR) is 135 cm³/mol. The van der Waals surface area contributed by atoms with Gasteiger partial charge in [-0.25, -0.2) is 18.2 Å². The summed E-state index contributed by atoms with van der Waals surface area (Å²) in [7, 11) is 0. The van der Waals surface area contributed by atoms with E-state index >= 15 is 0 Å². The molecule has 2 aliphatic heterocycles. The monoisotopic (exact) mass is 548 g/mol. The Kier molecular flexibility index (Phi) is 6.17. The number of aromatic nitrogens is 2. The largest absolute Gasteiger partial charge is 0.310 e. The first-order chi connectivity index (χ1) is 19.2. The van der Waals surface area contributed by atoms with Gasteiger partial charge in [-0.1, -0.05) is 12.2 Å². The van der Waals surface area contributed by atoms with Gasteiger partial charge in [0.1, 0.15) is 23.7 Å². The van der Waals surface area contributed by atoms with Crippen molar-refractivity contribution in [3.63, 3.8) is 0 Å². The van der Waals surface area contributed by atoms with Crippen LogP contribution in [-0.2, 0) is 14.4 Å². The van der Waals surface area contributed by atoms with Gasteiger partial charge in [-0.3, -0.25) is 29.2 Å².